The zero-order valence-electron chi connectivity index (χ0n) is 7.88. The maximum absolute atomic E-state index is 11.4. The number of hydrogen-bond acceptors (Lipinski definition) is 2. The van der Waals surface area contributed by atoms with Crippen LogP contribution in [0.5, 0.6) is 0 Å². The number of Topliss-reactive ketones (excluding diaryl/α,β-unsaturated/α-hetero) is 1. The average molecular weight is 212 g/mol. The molecule has 0 fully saturated rings. The summed E-state index contributed by atoms with van der Waals surface area (Å²) in [6, 6.07) is 3.75. The fourth-order valence-electron chi connectivity index (χ4n) is 1.55. The van der Waals surface area contributed by atoms with Gasteiger partial charge in [-0.1, -0.05) is 12.1 Å². The summed E-state index contributed by atoms with van der Waals surface area (Å²) in [4.78, 5) is 22.4. The molecule has 1 aromatic rings. The monoisotopic (exact) mass is 211 g/mol. The first kappa shape index (κ1) is 10.7. The number of aryl methyl sites for hydroxylation is 2. The predicted molar refractivity (Wildman–Crippen MR) is 56.1 cm³/mol. The number of benzene rings is 1. The Morgan fingerprint density at radius 3 is 2.21 bits per heavy atom. The Bertz CT molecular complexity index is 426. The van der Waals surface area contributed by atoms with Crippen molar-refractivity contribution in [2.45, 2.75) is 13.8 Å². The van der Waals surface area contributed by atoms with E-state index in [9.17, 15) is 9.59 Å². The Morgan fingerprint density at radius 1 is 1.07 bits per heavy atom. The molecule has 0 spiro atoms. The molecule has 0 bridgehead atoms. The number of fused-ring (bicyclic) bond motifs is 1. The Kier molecular flexibility index (Phi) is 2.62. The number of carbonyl (C=O) groups excluding carboxylic acids is 2. The summed E-state index contributed by atoms with van der Waals surface area (Å²) in [6.07, 6.45) is 0. The second kappa shape index (κ2) is 3.42. The van der Waals surface area contributed by atoms with Crippen LogP contribution in [0.25, 0.3) is 0 Å². The summed E-state index contributed by atoms with van der Waals surface area (Å²) in [6.45, 7) is 3.70. The summed E-state index contributed by atoms with van der Waals surface area (Å²) in [5.74, 6) is -0.941. The highest BCUT2D eigenvalue weighted by atomic mass is 35.5. The lowest BCUT2D eigenvalue weighted by atomic mass is 10.0. The average Bonchev–Trinajstić information content (AvgIpc) is 2.38. The number of nitrogens with one attached hydrogen (secondary N) is 1. The van der Waals surface area contributed by atoms with E-state index in [1.807, 2.05) is 26.0 Å². The van der Waals surface area contributed by atoms with Gasteiger partial charge in [0.15, 0.2) is 0 Å². The Morgan fingerprint density at radius 2 is 1.64 bits per heavy atom. The fraction of sp³-hybridized carbons (Fsp3) is 0.200. The van der Waals surface area contributed by atoms with Gasteiger partial charge in [0.05, 0.1) is 11.3 Å². The first-order valence-corrected chi connectivity index (χ1v) is 4.07. The summed E-state index contributed by atoms with van der Waals surface area (Å²) >= 11 is 0. The van der Waals surface area contributed by atoms with Crippen molar-refractivity contribution in [1.82, 2.24) is 0 Å². The molecule has 1 amide bonds. The number of ketones is 1. The number of anilines is 1. The van der Waals surface area contributed by atoms with Crippen molar-refractivity contribution in [1.29, 1.82) is 0 Å². The molecule has 0 aromatic heterocycles. The van der Waals surface area contributed by atoms with E-state index >= 15 is 0 Å². The molecule has 1 heterocycles. The minimum absolute atomic E-state index is 0. The van der Waals surface area contributed by atoms with Crippen LogP contribution in [0.4, 0.5) is 5.69 Å². The highest BCUT2D eigenvalue weighted by molar-refractivity contribution is 6.52. The third-order valence-electron chi connectivity index (χ3n) is 2.29. The van der Waals surface area contributed by atoms with E-state index in [1.54, 1.807) is 0 Å². The maximum atomic E-state index is 11.4. The van der Waals surface area contributed by atoms with Crippen LogP contribution in [0.3, 0.4) is 0 Å². The van der Waals surface area contributed by atoms with Gasteiger partial charge in [-0.3, -0.25) is 9.59 Å². The zero-order chi connectivity index (χ0) is 9.59. The number of rotatable bonds is 0. The molecule has 74 valence electrons. The summed E-state index contributed by atoms with van der Waals surface area (Å²) in [7, 11) is 0. The third kappa shape index (κ3) is 1.30. The topological polar surface area (TPSA) is 46.2 Å². The zero-order valence-corrected chi connectivity index (χ0v) is 8.70. The number of halogens is 1. The fourth-order valence-corrected chi connectivity index (χ4v) is 1.55. The van der Waals surface area contributed by atoms with E-state index < -0.39 is 11.7 Å². The van der Waals surface area contributed by atoms with Crippen LogP contribution in [-0.2, 0) is 4.79 Å². The van der Waals surface area contributed by atoms with Gasteiger partial charge < -0.3 is 5.32 Å². The lowest BCUT2D eigenvalue weighted by molar-refractivity contribution is -0.112. The summed E-state index contributed by atoms with van der Waals surface area (Å²) < 4.78 is 0. The van der Waals surface area contributed by atoms with Crippen molar-refractivity contribution >= 4 is 29.8 Å². The molecular formula is C10H10ClNO2. The number of amides is 1. The lowest BCUT2D eigenvalue weighted by Crippen LogP contribution is -2.12. The van der Waals surface area contributed by atoms with Gasteiger partial charge in [-0.15, -0.1) is 12.4 Å². The van der Waals surface area contributed by atoms with E-state index in [0.29, 0.717) is 11.3 Å². The van der Waals surface area contributed by atoms with Gasteiger partial charge in [0.25, 0.3) is 11.7 Å². The minimum atomic E-state index is -0.521. The van der Waals surface area contributed by atoms with E-state index in [-0.39, 0.29) is 12.4 Å². The molecule has 14 heavy (non-hydrogen) atoms. The van der Waals surface area contributed by atoms with Crippen LogP contribution in [0, 0.1) is 13.8 Å². The van der Waals surface area contributed by atoms with Gasteiger partial charge >= 0.3 is 0 Å². The van der Waals surface area contributed by atoms with Crippen LogP contribution in [0.15, 0.2) is 12.1 Å². The van der Waals surface area contributed by atoms with Gasteiger partial charge in [0, 0.05) is 0 Å². The third-order valence-corrected chi connectivity index (χ3v) is 2.29. The molecule has 3 nitrogen and oxygen atoms in total. The molecule has 1 N–H and O–H groups in total. The molecule has 0 radical (unpaired) electrons. The number of hydrogen-bond donors (Lipinski definition) is 1. The Hall–Kier alpha value is -1.35. The molecule has 0 saturated carbocycles. The van der Waals surface area contributed by atoms with E-state index in [1.165, 1.54) is 0 Å². The Labute approximate surface area is 87.9 Å². The minimum Gasteiger partial charge on any atom is -0.318 e. The standard InChI is InChI=1S/C10H9NO2.ClH/c1-5-3-4-6(2)8-7(5)9(12)10(13)11-8;/h3-4H,1-2H3,(H,11,12,13);1H. The first-order chi connectivity index (χ1) is 6.11. The second-order valence-corrected chi connectivity index (χ2v) is 3.23. The van der Waals surface area contributed by atoms with Crippen LogP contribution >= 0.6 is 12.4 Å². The molecule has 1 aromatic carbocycles. The predicted octanol–water partition coefficient (Wildman–Crippen LogP) is 1.86. The van der Waals surface area contributed by atoms with Crippen LogP contribution in [0.2, 0.25) is 0 Å². The van der Waals surface area contributed by atoms with Gasteiger partial charge in [0.2, 0.25) is 0 Å². The largest absolute Gasteiger partial charge is 0.318 e. The number of carbonyl (C=O) groups is 2. The Balaban J connectivity index is 0.000000980. The quantitative estimate of drug-likeness (QED) is 0.666. The highest BCUT2D eigenvalue weighted by Crippen LogP contribution is 2.29. The highest BCUT2D eigenvalue weighted by Gasteiger charge is 2.30. The van der Waals surface area contributed by atoms with Crippen molar-refractivity contribution in [3.05, 3.63) is 28.8 Å². The van der Waals surface area contributed by atoms with Crippen LogP contribution in [-0.4, -0.2) is 11.7 Å². The van der Waals surface area contributed by atoms with Crippen LogP contribution < -0.4 is 5.32 Å². The van der Waals surface area contributed by atoms with E-state index in [2.05, 4.69) is 5.32 Å². The van der Waals surface area contributed by atoms with Gasteiger partial charge in [-0.2, -0.15) is 0 Å². The molecule has 0 atom stereocenters. The van der Waals surface area contributed by atoms with Gasteiger partial charge in [0.1, 0.15) is 0 Å². The molecule has 0 aliphatic carbocycles. The van der Waals surface area contributed by atoms with E-state index in [0.717, 1.165) is 11.1 Å². The second-order valence-electron chi connectivity index (χ2n) is 3.23. The lowest BCUT2D eigenvalue weighted by Gasteiger charge is -2.03. The van der Waals surface area contributed by atoms with Crippen molar-refractivity contribution in [3.8, 4) is 0 Å². The van der Waals surface area contributed by atoms with E-state index in [4.69, 9.17) is 0 Å². The van der Waals surface area contributed by atoms with Gasteiger partial charge in [-0.05, 0) is 25.0 Å². The smallest absolute Gasteiger partial charge is 0.296 e. The molecule has 0 unspecified atom stereocenters. The molecule has 1 aliphatic rings. The van der Waals surface area contributed by atoms with Crippen molar-refractivity contribution < 1.29 is 9.59 Å². The SMILES string of the molecule is Cc1ccc(C)c2c1NC(=O)C2=O.Cl. The van der Waals surface area contributed by atoms with Crippen molar-refractivity contribution in [2.75, 3.05) is 5.32 Å². The maximum Gasteiger partial charge on any atom is 0.296 e. The van der Waals surface area contributed by atoms with Gasteiger partial charge in [-0.25, -0.2) is 0 Å². The van der Waals surface area contributed by atoms with Crippen molar-refractivity contribution in [2.24, 2.45) is 0 Å². The first-order valence-electron chi connectivity index (χ1n) is 4.07. The summed E-state index contributed by atoms with van der Waals surface area (Å²) in [5, 5.41) is 2.57. The van der Waals surface area contributed by atoms with Crippen LogP contribution in [0.1, 0.15) is 21.5 Å². The molecule has 1 aliphatic heterocycles. The molecule has 4 heteroatoms. The summed E-state index contributed by atoms with van der Waals surface area (Å²) in [5.41, 5.74) is 2.99. The molecule has 2 rings (SSSR count). The normalized spacial score (nSPS) is 13.3. The molecular weight excluding hydrogens is 202 g/mol. The molecule has 0 saturated heterocycles. The van der Waals surface area contributed by atoms with Crippen molar-refractivity contribution in [3.63, 3.8) is 0 Å².